The fourth-order valence-corrected chi connectivity index (χ4v) is 2.13. The number of aromatic nitrogens is 2. The summed E-state index contributed by atoms with van der Waals surface area (Å²) < 4.78 is 5.72. The molecule has 0 aromatic carbocycles. The van der Waals surface area contributed by atoms with E-state index >= 15 is 0 Å². The predicted octanol–water partition coefficient (Wildman–Crippen LogP) is 1.93. The number of nitrogens with one attached hydrogen (secondary N) is 1. The summed E-state index contributed by atoms with van der Waals surface area (Å²) in [7, 11) is 0. The van der Waals surface area contributed by atoms with Gasteiger partial charge in [0.15, 0.2) is 0 Å². The maximum atomic E-state index is 5.74. The normalized spacial score (nSPS) is 22.5. The molecule has 1 fully saturated rings. The van der Waals surface area contributed by atoms with E-state index in [0.29, 0.717) is 5.88 Å². The second-order valence-corrected chi connectivity index (χ2v) is 4.35. The summed E-state index contributed by atoms with van der Waals surface area (Å²) in [5.74, 6) is 1.37. The van der Waals surface area contributed by atoms with Crippen LogP contribution in [0.5, 0.6) is 0 Å². The highest BCUT2D eigenvalue weighted by molar-refractivity contribution is 6.16. The molecule has 1 N–H and O–H groups in total. The summed E-state index contributed by atoms with van der Waals surface area (Å²) in [5, 5.41) is 0. The van der Waals surface area contributed by atoms with Crippen molar-refractivity contribution in [2.45, 2.75) is 25.3 Å². The molecule has 1 aliphatic heterocycles. The minimum Gasteiger partial charge on any atom is -0.368 e. The molecule has 1 atom stereocenters. The third-order valence-corrected chi connectivity index (χ3v) is 3.08. The Morgan fingerprint density at radius 2 is 2.56 bits per heavy atom. The third kappa shape index (κ3) is 2.75. The van der Waals surface area contributed by atoms with E-state index < -0.39 is 0 Å². The summed E-state index contributed by atoms with van der Waals surface area (Å²) in [6.07, 6.45) is 3.03. The monoisotopic (exact) mass is 243 g/mol. The second kappa shape index (κ2) is 5.66. The first-order chi connectivity index (χ1) is 7.83. The van der Waals surface area contributed by atoms with Crippen LogP contribution < -0.4 is 0 Å². The van der Waals surface area contributed by atoms with Crippen molar-refractivity contribution in [3.05, 3.63) is 17.7 Å². The highest BCUT2D eigenvalue weighted by atomic mass is 35.5. The number of nitrogens with zero attached hydrogens (tertiary/aromatic N) is 2. The van der Waals surface area contributed by atoms with Crippen molar-refractivity contribution in [2.75, 3.05) is 26.2 Å². The molecule has 16 heavy (non-hydrogen) atoms. The second-order valence-electron chi connectivity index (χ2n) is 4.09. The molecule has 4 nitrogen and oxygen atoms in total. The summed E-state index contributed by atoms with van der Waals surface area (Å²) in [5.41, 5.74) is 0.952. The van der Waals surface area contributed by atoms with Crippen molar-refractivity contribution in [2.24, 2.45) is 0 Å². The van der Waals surface area contributed by atoms with E-state index in [-0.39, 0.29) is 6.10 Å². The van der Waals surface area contributed by atoms with Crippen LogP contribution in [0.25, 0.3) is 0 Å². The molecular weight excluding hydrogens is 226 g/mol. The summed E-state index contributed by atoms with van der Waals surface area (Å²) in [4.78, 5) is 9.93. The van der Waals surface area contributed by atoms with E-state index in [1.807, 2.05) is 0 Å². The highest BCUT2D eigenvalue weighted by Gasteiger charge is 2.23. The van der Waals surface area contributed by atoms with Crippen LogP contribution in [-0.2, 0) is 10.6 Å². The van der Waals surface area contributed by atoms with Crippen molar-refractivity contribution < 1.29 is 4.74 Å². The predicted molar refractivity (Wildman–Crippen MR) is 63.6 cm³/mol. The van der Waals surface area contributed by atoms with E-state index in [0.717, 1.165) is 37.8 Å². The summed E-state index contributed by atoms with van der Waals surface area (Å²) in [6, 6.07) is 0. The number of halogens is 1. The largest absolute Gasteiger partial charge is 0.368 e. The van der Waals surface area contributed by atoms with Gasteiger partial charge in [-0.05, 0) is 13.0 Å². The molecule has 1 aliphatic rings. The minimum atomic E-state index is 0.0669. The Bertz CT molecular complexity index is 327. The molecule has 0 radical (unpaired) electrons. The Balaban J connectivity index is 1.98. The molecule has 1 unspecified atom stereocenters. The Morgan fingerprint density at radius 3 is 3.25 bits per heavy atom. The Hall–Kier alpha value is -0.580. The fourth-order valence-electron chi connectivity index (χ4n) is 2.00. The minimum absolute atomic E-state index is 0.0669. The van der Waals surface area contributed by atoms with Crippen LogP contribution in [0.3, 0.4) is 0 Å². The number of rotatable bonds is 4. The molecular formula is C11H18ClN3O. The van der Waals surface area contributed by atoms with Crippen molar-refractivity contribution in [3.63, 3.8) is 0 Å². The zero-order chi connectivity index (χ0) is 11.4. The van der Waals surface area contributed by atoms with Crippen LogP contribution in [-0.4, -0.2) is 41.1 Å². The van der Waals surface area contributed by atoms with Gasteiger partial charge in [-0.3, -0.25) is 4.90 Å². The van der Waals surface area contributed by atoms with E-state index in [4.69, 9.17) is 16.3 Å². The van der Waals surface area contributed by atoms with Crippen LogP contribution in [0.1, 0.15) is 31.0 Å². The molecule has 5 heteroatoms. The van der Waals surface area contributed by atoms with Gasteiger partial charge in [0, 0.05) is 25.0 Å². The van der Waals surface area contributed by atoms with Crippen LogP contribution in [0, 0.1) is 0 Å². The Kier molecular flexibility index (Phi) is 4.21. The maximum Gasteiger partial charge on any atom is 0.136 e. The number of alkyl halides is 1. The molecule has 1 saturated heterocycles. The molecule has 0 saturated carbocycles. The van der Waals surface area contributed by atoms with Gasteiger partial charge < -0.3 is 9.72 Å². The van der Waals surface area contributed by atoms with Gasteiger partial charge in [0.1, 0.15) is 11.9 Å². The van der Waals surface area contributed by atoms with Crippen LogP contribution in [0.2, 0.25) is 0 Å². The smallest absolute Gasteiger partial charge is 0.136 e. The van der Waals surface area contributed by atoms with Crippen molar-refractivity contribution >= 4 is 11.6 Å². The first kappa shape index (κ1) is 11.9. The molecule has 0 spiro atoms. The lowest BCUT2D eigenvalue weighted by Gasteiger charge is -2.31. The molecule has 0 amide bonds. The zero-order valence-corrected chi connectivity index (χ0v) is 10.3. The Labute approximate surface area is 101 Å². The lowest BCUT2D eigenvalue weighted by atomic mass is 10.2. The van der Waals surface area contributed by atoms with Crippen LogP contribution >= 0.6 is 11.6 Å². The average molecular weight is 244 g/mol. The summed E-state index contributed by atoms with van der Waals surface area (Å²) in [6.45, 7) is 6.05. The summed E-state index contributed by atoms with van der Waals surface area (Å²) >= 11 is 5.74. The molecule has 0 bridgehead atoms. The van der Waals surface area contributed by atoms with Gasteiger partial charge in [0.05, 0.1) is 12.5 Å². The van der Waals surface area contributed by atoms with Gasteiger partial charge in [-0.1, -0.05) is 6.92 Å². The highest BCUT2D eigenvalue weighted by Crippen LogP contribution is 2.20. The number of ether oxygens (including phenoxy) is 1. The number of hydrogen-bond acceptors (Lipinski definition) is 3. The van der Waals surface area contributed by atoms with E-state index in [1.54, 1.807) is 6.20 Å². The molecule has 1 aromatic heterocycles. The first-order valence-corrected chi connectivity index (χ1v) is 6.30. The van der Waals surface area contributed by atoms with Gasteiger partial charge in [-0.25, -0.2) is 4.98 Å². The van der Waals surface area contributed by atoms with Gasteiger partial charge in [0.2, 0.25) is 0 Å². The number of H-pyrrole nitrogens is 1. The average Bonchev–Trinajstić information content (AvgIpc) is 2.78. The number of aromatic amines is 1. The zero-order valence-electron chi connectivity index (χ0n) is 9.58. The molecule has 90 valence electrons. The Morgan fingerprint density at radius 1 is 1.69 bits per heavy atom. The van der Waals surface area contributed by atoms with Crippen molar-refractivity contribution in [1.82, 2.24) is 14.9 Å². The van der Waals surface area contributed by atoms with Crippen LogP contribution in [0.4, 0.5) is 0 Å². The fraction of sp³-hybridized carbons (Fsp3) is 0.727. The van der Waals surface area contributed by atoms with E-state index in [9.17, 15) is 0 Å². The quantitative estimate of drug-likeness (QED) is 0.822. The van der Waals surface area contributed by atoms with Gasteiger partial charge in [-0.15, -0.1) is 11.6 Å². The van der Waals surface area contributed by atoms with E-state index in [2.05, 4.69) is 21.8 Å². The topological polar surface area (TPSA) is 41.1 Å². The van der Waals surface area contributed by atoms with Gasteiger partial charge in [0.25, 0.3) is 0 Å². The standard InChI is InChI=1S/C11H18ClN3O/c1-2-3-15-4-5-16-10(8-15)11-13-7-9(6-12)14-11/h7,10H,2-6,8H2,1H3,(H,13,14). The third-order valence-electron chi connectivity index (χ3n) is 2.79. The lowest BCUT2D eigenvalue weighted by molar-refractivity contribution is -0.0338. The van der Waals surface area contributed by atoms with Crippen LogP contribution in [0.15, 0.2) is 6.20 Å². The SMILES string of the molecule is CCCN1CCOC(c2ncc(CCl)[nH]2)C1. The molecule has 1 aromatic rings. The van der Waals surface area contributed by atoms with E-state index in [1.165, 1.54) is 6.42 Å². The van der Waals surface area contributed by atoms with Gasteiger partial charge >= 0.3 is 0 Å². The molecule has 2 rings (SSSR count). The maximum absolute atomic E-state index is 5.74. The molecule has 0 aliphatic carbocycles. The van der Waals surface area contributed by atoms with Crippen molar-refractivity contribution in [3.8, 4) is 0 Å². The van der Waals surface area contributed by atoms with Gasteiger partial charge in [-0.2, -0.15) is 0 Å². The molecule has 2 heterocycles. The first-order valence-electron chi connectivity index (χ1n) is 5.77. The lowest BCUT2D eigenvalue weighted by Crippen LogP contribution is -2.39. The number of morpholine rings is 1. The number of hydrogen-bond donors (Lipinski definition) is 1. The van der Waals surface area contributed by atoms with Crippen molar-refractivity contribution in [1.29, 1.82) is 0 Å². The number of imidazole rings is 1.